The topological polar surface area (TPSA) is 25.8 Å². The highest BCUT2D eigenvalue weighted by Gasteiger charge is 1.91. The van der Waals surface area contributed by atoms with Gasteiger partial charge in [0.15, 0.2) is 0 Å². The number of nitrogens with zero attached hydrogens (tertiary/aromatic N) is 2. The maximum atomic E-state index is 4.38. The number of hydrogen-bond acceptors (Lipinski definition) is 2. The second-order valence-electron chi connectivity index (χ2n) is 5.29. The van der Waals surface area contributed by atoms with Crippen LogP contribution in [0, 0.1) is 13.8 Å². The first-order valence-electron chi connectivity index (χ1n) is 7.37. The number of benzene rings is 2. The second-order valence-corrected chi connectivity index (χ2v) is 5.29. The highest BCUT2D eigenvalue weighted by atomic mass is 14.7. The molecule has 0 fully saturated rings. The van der Waals surface area contributed by atoms with E-state index in [1.165, 1.54) is 10.8 Å². The molecule has 2 heterocycles. The van der Waals surface area contributed by atoms with Crippen molar-refractivity contribution in [2.24, 2.45) is 0 Å². The summed E-state index contributed by atoms with van der Waals surface area (Å²) in [4.78, 5) is 8.75. The minimum Gasteiger partial charge on any atom is -0.253 e. The van der Waals surface area contributed by atoms with Gasteiger partial charge in [-0.05, 0) is 38.1 Å². The van der Waals surface area contributed by atoms with Crippen molar-refractivity contribution in [3.8, 4) is 0 Å². The number of hydrogen-bond donors (Lipinski definition) is 0. The van der Waals surface area contributed by atoms with E-state index in [-0.39, 0.29) is 7.43 Å². The van der Waals surface area contributed by atoms with Crippen LogP contribution in [0.25, 0.3) is 21.8 Å². The molecule has 0 unspecified atom stereocenters. The minimum absolute atomic E-state index is 0. The van der Waals surface area contributed by atoms with Crippen LogP contribution in [0.2, 0.25) is 0 Å². The molecule has 2 heteroatoms. The molecule has 116 valence electrons. The largest absolute Gasteiger partial charge is 0.253 e. The van der Waals surface area contributed by atoms with Gasteiger partial charge in [-0.3, -0.25) is 9.97 Å². The quantitative estimate of drug-likeness (QED) is 0.415. The highest BCUT2D eigenvalue weighted by molar-refractivity contribution is 5.78. The summed E-state index contributed by atoms with van der Waals surface area (Å²) in [5, 5.41) is 2.41. The molecule has 2 aromatic carbocycles. The Morgan fingerprint density at radius 3 is 1.35 bits per heavy atom. The lowest BCUT2D eigenvalue weighted by atomic mass is 10.2. The zero-order chi connectivity index (χ0) is 15.4. The Kier molecular flexibility index (Phi) is 5.42. The first-order valence-corrected chi connectivity index (χ1v) is 7.37. The Balaban J connectivity index is 0.000000160. The number of fused-ring (bicyclic) bond motifs is 2. The van der Waals surface area contributed by atoms with E-state index >= 15 is 0 Å². The number of aryl methyl sites for hydroxylation is 2. The molecule has 0 N–H and O–H groups in total. The van der Waals surface area contributed by atoms with Crippen LogP contribution >= 0.6 is 0 Å². The molecule has 2 aromatic heterocycles. The van der Waals surface area contributed by atoms with Gasteiger partial charge in [0.05, 0.1) is 11.0 Å². The Morgan fingerprint density at radius 2 is 0.913 bits per heavy atom. The van der Waals surface area contributed by atoms with Gasteiger partial charge in [-0.2, -0.15) is 0 Å². The number of para-hydroxylation sites is 2. The molecule has 4 rings (SSSR count). The predicted molar refractivity (Wildman–Crippen MR) is 99.7 cm³/mol. The Hall–Kier alpha value is -2.74. The molecule has 0 amide bonds. The summed E-state index contributed by atoms with van der Waals surface area (Å²) in [7, 11) is 0. The fraction of sp³-hybridized carbons (Fsp3) is 0.143. The minimum atomic E-state index is 0. The van der Waals surface area contributed by atoms with Crippen molar-refractivity contribution in [3.05, 3.63) is 84.2 Å². The van der Waals surface area contributed by atoms with Gasteiger partial charge < -0.3 is 0 Å². The van der Waals surface area contributed by atoms with Gasteiger partial charge in [-0.25, -0.2) is 0 Å². The maximum absolute atomic E-state index is 4.38. The smallest absolute Gasteiger partial charge is 0.0705 e. The van der Waals surface area contributed by atoms with Gasteiger partial charge in [0.25, 0.3) is 0 Å². The molecule has 0 aliphatic rings. The fourth-order valence-corrected chi connectivity index (χ4v) is 2.34. The molecule has 0 radical (unpaired) electrons. The Morgan fingerprint density at radius 1 is 0.522 bits per heavy atom. The number of pyridine rings is 2. The van der Waals surface area contributed by atoms with E-state index in [9.17, 15) is 0 Å². The van der Waals surface area contributed by atoms with E-state index in [0.29, 0.717) is 0 Å². The van der Waals surface area contributed by atoms with Crippen LogP contribution in [0.15, 0.2) is 72.8 Å². The summed E-state index contributed by atoms with van der Waals surface area (Å²) in [6, 6.07) is 24.5. The molecule has 0 aliphatic heterocycles. The standard InChI is InChI=1S/2C10H9N.CH4/c2*1-8-6-7-9-4-2-3-5-10(9)11-8;/h2*2-7H,1H3;1H4. The molecule has 0 spiro atoms. The van der Waals surface area contributed by atoms with E-state index in [2.05, 4.69) is 34.2 Å². The van der Waals surface area contributed by atoms with Gasteiger partial charge in [-0.15, -0.1) is 0 Å². The molecule has 2 nitrogen and oxygen atoms in total. The van der Waals surface area contributed by atoms with Crippen LogP contribution in [-0.4, -0.2) is 9.97 Å². The van der Waals surface area contributed by atoms with E-state index in [4.69, 9.17) is 0 Å². The molecule has 0 atom stereocenters. The zero-order valence-electron chi connectivity index (χ0n) is 12.8. The van der Waals surface area contributed by atoms with Crippen molar-refractivity contribution in [1.29, 1.82) is 0 Å². The van der Waals surface area contributed by atoms with Gasteiger partial charge in [0.1, 0.15) is 0 Å². The van der Waals surface area contributed by atoms with E-state index in [1.54, 1.807) is 0 Å². The predicted octanol–water partition coefficient (Wildman–Crippen LogP) is 5.72. The first kappa shape index (κ1) is 16.6. The highest BCUT2D eigenvalue weighted by Crippen LogP contribution is 2.11. The van der Waals surface area contributed by atoms with E-state index in [1.807, 2.05) is 62.4 Å². The van der Waals surface area contributed by atoms with Crippen LogP contribution < -0.4 is 0 Å². The third-order valence-electron chi connectivity index (χ3n) is 3.48. The SMILES string of the molecule is C.Cc1ccc2ccccc2n1.Cc1ccc2ccccc2n1. The van der Waals surface area contributed by atoms with E-state index < -0.39 is 0 Å². The molecule has 0 aliphatic carbocycles. The van der Waals surface area contributed by atoms with Crippen LogP contribution in [0.5, 0.6) is 0 Å². The van der Waals surface area contributed by atoms with Gasteiger partial charge in [-0.1, -0.05) is 56.0 Å². The molecular formula is C21H22N2. The summed E-state index contributed by atoms with van der Waals surface area (Å²) in [6.45, 7) is 4.01. The normalized spacial score (nSPS) is 9.83. The summed E-state index contributed by atoms with van der Waals surface area (Å²) in [5.74, 6) is 0. The zero-order valence-corrected chi connectivity index (χ0v) is 12.8. The average Bonchev–Trinajstić information content (AvgIpc) is 2.55. The van der Waals surface area contributed by atoms with Crippen molar-refractivity contribution < 1.29 is 0 Å². The van der Waals surface area contributed by atoms with Crippen molar-refractivity contribution >= 4 is 21.8 Å². The average molecular weight is 302 g/mol. The second kappa shape index (κ2) is 7.50. The lowest BCUT2D eigenvalue weighted by Crippen LogP contribution is -1.80. The summed E-state index contributed by atoms with van der Waals surface area (Å²) >= 11 is 0. The molecule has 0 bridgehead atoms. The van der Waals surface area contributed by atoms with Crippen molar-refractivity contribution in [2.75, 3.05) is 0 Å². The van der Waals surface area contributed by atoms with E-state index in [0.717, 1.165) is 22.4 Å². The van der Waals surface area contributed by atoms with Gasteiger partial charge >= 0.3 is 0 Å². The molecule has 0 saturated heterocycles. The molecule has 4 aromatic rings. The lowest BCUT2D eigenvalue weighted by molar-refractivity contribution is 1.26. The Labute approximate surface area is 137 Å². The first-order chi connectivity index (χ1) is 10.7. The fourth-order valence-electron chi connectivity index (χ4n) is 2.34. The Bertz CT molecular complexity index is 836. The van der Waals surface area contributed by atoms with Gasteiger partial charge in [0, 0.05) is 22.2 Å². The van der Waals surface area contributed by atoms with Crippen molar-refractivity contribution in [2.45, 2.75) is 21.3 Å². The summed E-state index contributed by atoms with van der Waals surface area (Å²) in [5.41, 5.74) is 4.30. The molecular weight excluding hydrogens is 280 g/mol. The lowest BCUT2D eigenvalue weighted by Gasteiger charge is -1.95. The van der Waals surface area contributed by atoms with Gasteiger partial charge in [0.2, 0.25) is 0 Å². The molecule has 23 heavy (non-hydrogen) atoms. The maximum Gasteiger partial charge on any atom is 0.0705 e. The number of rotatable bonds is 0. The van der Waals surface area contributed by atoms with Crippen LogP contribution in [0.1, 0.15) is 18.8 Å². The molecule has 0 saturated carbocycles. The van der Waals surface area contributed by atoms with Crippen molar-refractivity contribution in [1.82, 2.24) is 9.97 Å². The summed E-state index contributed by atoms with van der Waals surface area (Å²) < 4.78 is 0. The summed E-state index contributed by atoms with van der Waals surface area (Å²) in [6.07, 6.45) is 0. The van der Waals surface area contributed by atoms with Crippen LogP contribution in [0.3, 0.4) is 0 Å². The van der Waals surface area contributed by atoms with Crippen LogP contribution in [0.4, 0.5) is 0 Å². The van der Waals surface area contributed by atoms with Crippen LogP contribution in [-0.2, 0) is 0 Å². The third kappa shape index (κ3) is 4.13. The van der Waals surface area contributed by atoms with Crippen molar-refractivity contribution in [3.63, 3.8) is 0 Å². The monoisotopic (exact) mass is 302 g/mol. The third-order valence-corrected chi connectivity index (χ3v) is 3.48. The number of aromatic nitrogens is 2.